The van der Waals surface area contributed by atoms with E-state index in [0.29, 0.717) is 10.9 Å². The topological polar surface area (TPSA) is 81.4 Å². The van der Waals surface area contributed by atoms with Crippen LogP contribution in [0.5, 0.6) is 0 Å². The van der Waals surface area contributed by atoms with Crippen molar-refractivity contribution in [2.75, 3.05) is 26.0 Å². The van der Waals surface area contributed by atoms with Gasteiger partial charge in [0.25, 0.3) is 0 Å². The molecule has 0 aromatic heterocycles. The van der Waals surface area contributed by atoms with Crippen LogP contribution in [-0.4, -0.2) is 33.9 Å². The van der Waals surface area contributed by atoms with Crippen molar-refractivity contribution >= 4 is 27.5 Å². The average molecular weight is 302 g/mol. The summed E-state index contributed by atoms with van der Waals surface area (Å²) in [4.78, 5) is 1.07. The molecule has 0 atom stereocenters. The maximum atomic E-state index is 11.8. The summed E-state index contributed by atoms with van der Waals surface area (Å²) in [5.41, 5.74) is 6.54. The molecule has 0 saturated carbocycles. The molecule has 106 valence electrons. The van der Waals surface area contributed by atoms with Crippen molar-refractivity contribution in [3.05, 3.63) is 18.2 Å². The largest absolute Gasteiger partial charge is 0.398 e. The summed E-state index contributed by atoms with van der Waals surface area (Å²) in [5, 5.41) is 0.434. The SMILES string of the molecule is CNS(=O)(=O)c1ccc(N)c(SC2CCOCC2)c1. The molecule has 19 heavy (non-hydrogen) atoms. The summed E-state index contributed by atoms with van der Waals surface area (Å²) >= 11 is 1.63. The zero-order chi connectivity index (χ0) is 13.9. The number of thioether (sulfide) groups is 1. The van der Waals surface area contributed by atoms with Crippen LogP contribution in [-0.2, 0) is 14.8 Å². The van der Waals surface area contributed by atoms with Gasteiger partial charge in [-0.3, -0.25) is 0 Å². The van der Waals surface area contributed by atoms with Gasteiger partial charge >= 0.3 is 0 Å². The van der Waals surface area contributed by atoms with Crippen molar-refractivity contribution in [3.8, 4) is 0 Å². The summed E-state index contributed by atoms with van der Waals surface area (Å²) in [6.07, 6.45) is 1.93. The summed E-state index contributed by atoms with van der Waals surface area (Å²) in [6, 6.07) is 4.81. The van der Waals surface area contributed by atoms with Crippen LogP contribution in [0.15, 0.2) is 28.0 Å². The van der Waals surface area contributed by atoms with Gasteiger partial charge in [-0.2, -0.15) is 0 Å². The first kappa shape index (κ1) is 14.6. The molecule has 1 saturated heterocycles. The van der Waals surface area contributed by atoms with Gasteiger partial charge < -0.3 is 10.5 Å². The second-order valence-electron chi connectivity index (χ2n) is 4.34. The number of rotatable bonds is 4. The van der Waals surface area contributed by atoms with Crippen molar-refractivity contribution in [2.45, 2.75) is 27.9 Å². The quantitative estimate of drug-likeness (QED) is 0.823. The summed E-state index contributed by atoms with van der Waals surface area (Å²) in [5.74, 6) is 0. The highest BCUT2D eigenvalue weighted by molar-refractivity contribution is 8.00. The molecule has 1 fully saturated rings. The van der Waals surface area contributed by atoms with E-state index in [1.165, 1.54) is 13.1 Å². The third kappa shape index (κ3) is 3.62. The van der Waals surface area contributed by atoms with E-state index in [1.807, 2.05) is 0 Å². The Kier molecular flexibility index (Phi) is 4.72. The van der Waals surface area contributed by atoms with E-state index >= 15 is 0 Å². The van der Waals surface area contributed by atoms with Crippen LogP contribution in [0.25, 0.3) is 0 Å². The standard InChI is InChI=1S/C12H18N2O3S2/c1-14-19(15,16)10-2-3-11(13)12(8-10)18-9-4-6-17-7-5-9/h2-3,8-9,14H,4-7,13H2,1H3. The summed E-state index contributed by atoms with van der Waals surface area (Å²) in [6.45, 7) is 1.51. The number of anilines is 1. The maximum Gasteiger partial charge on any atom is 0.240 e. The highest BCUT2D eigenvalue weighted by atomic mass is 32.2. The van der Waals surface area contributed by atoms with E-state index in [2.05, 4.69) is 4.72 Å². The lowest BCUT2D eigenvalue weighted by Crippen LogP contribution is -2.19. The lowest BCUT2D eigenvalue weighted by Gasteiger charge is -2.22. The van der Waals surface area contributed by atoms with Gasteiger partial charge in [-0.1, -0.05) is 0 Å². The van der Waals surface area contributed by atoms with Gasteiger partial charge in [0.2, 0.25) is 10.0 Å². The van der Waals surface area contributed by atoms with Crippen LogP contribution < -0.4 is 10.5 Å². The Morgan fingerprint density at radius 2 is 2.05 bits per heavy atom. The molecule has 0 unspecified atom stereocenters. The first-order valence-electron chi connectivity index (χ1n) is 6.10. The molecule has 1 aromatic rings. The molecule has 1 aliphatic heterocycles. The molecule has 3 N–H and O–H groups in total. The first-order chi connectivity index (χ1) is 9.03. The molecule has 5 nitrogen and oxygen atoms in total. The van der Waals surface area contributed by atoms with E-state index in [9.17, 15) is 8.42 Å². The minimum Gasteiger partial charge on any atom is -0.398 e. The van der Waals surface area contributed by atoms with Gasteiger partial charge in [0.15, 0.2) is 0 Å². The highest BCUT2D eigenvalue weighted by Crippen LogP contribution is 2.34. The van der Waals surface area contributed by atoms with E-state index < -0.39 is 10.0 Å². The second-order valence-corrected chi connectivity index (χ2v) is 7.57. The van der Waals surface area contributed by atoms with Crippen LogP contribution in [0.4, 0.5) is 5.69 Å². The normalized spacial score (nSPS) is 17.5. The Morgan fingerprint density at radius 3 is 2.68 bits per heavy atom. The van der Waals surface area contributed by atoms with Crippen molar-refractivity contribution in [1.29, 1.82) is 0 Å². The van der Waals surface area contributed by atoms with Crippen molar-refractivity contribution in [2.24, 2.45) is 0 Å². The van der Waals surface area contributed by atoms with Gasteiger partial charge in [0.1, 0.15) is 0 Å². The van der Waals surface area contributed by atoms with Crippen molar-refractivity contribution in [3.63, 3.8) is 0 Å². The van der Waals surface area contributed by atoms with E-state index in [4.69, 9.17) is 10.5 Å². The fourth-order valence-corrected chi connectivity index (χ4v) is 3.89. The number of hydrogen-bond donors (Lipinski definition) is 2. The van der Waals surface area contributed by atoms with E-state index in [1.54, 1.807) is 23.9 Å². The number of sulfonamides is 1. The highest BCUT2D eigenvalue weighted by Gasteiger charge is 2.18. The Balaban J connectivity index is 2.22. The molecule has 0 amide bonds. The third-order valence-corrected chi connectivity index (χ3v) is 5.85. The second kappa shape index (κ2) is 6.13. The average Bonchev–Trinajstić information content (AvgIpc) is 2.42. The van der Waals surface area contributed by atoms with Gasteiger partial charge in [-0.25, -0.2) is 13.1 Å². The molecule has 0 radical (unpaired) electrons. The van der Waals surface area contributed by atoms with Crippen LogP contribution in [0.3, 0.4) is 0 Å². The number of nitrogen functional groups attached to an aromatic ring is 1. The predicted octanol–water partition coefficient (Wildman–Crippen LogP) is 1.45. The zero-order valence-electron chi connectivity index (χ0n) is 10.8. The predicted molar refractivity (Wildman–Crippen MR) is 76.8 cm³/mol. The summed E-state index contributed by atoms with van der Waals surface area (Å²) in [7, 11) is -2.02. The smallest absolute Gasteiger partial charge is 0.240 e. The first-order valence-corrected chi connectivity index (χ1v) is 8.46. The fourth-order valence-electron chi connectivity index (χ4n) is 1.88. The number of nitrogens with one attached hydrogen (secondary N) is 1. The molecule has 0 spiro atoms. The van der Waals surface area contributed by atoms with Gasteiger partial charge in [-0.15, -0.1) is 11.8 Å². The molecular weight excluding hydrogens is 284 g/mol. The summed E-state index contributed by atoms with van der Waals surface area (Å²) < 4.78 is 31.2. The molecule has 1 aliphatic rings. The van der Waals surface area contributed by atoms with E-state index in [0.717, 1.165) is 31.0 Å². The van der Waals surface area contributed by atoms with Gasteiger partial charge in [0.05, 0.1) is 4.90 Å². The Hall–Kier alpha value is -0.760. The molecule has 1 aromatic carbocycles. The third-order valence-electron chi connectivity index (χ3n) is 3.03. The van der Waals surface area contributed by atoms with Crippen molar-refractivity contribution < 1.29 is 13.2 Å². The van der Waals surface area contributed by atoms with Crippen LogP contribution in [0.1, 0.15) is 12.8 Å². The lowest BCUT2D eigenvalue weighted by atomic mass is 10.2. The Labute approximate surface area is 118 Å². The van der Waals surface area contributed by atoms with Crippen LogP contribution >= 0.6 is 11.8 Å². The molecular formula is C12H18N2O3S2. The lowest BCUT2D eigenvalue weighted by molar-refractivity contribution is 0.100. The number of nitrogens with two attached hydrogens (primary N) is 1. The number of hydrogen-bond acceptors (Lipinski definition) is 5. The number of ether oxygens (including phenoxy) is 1. The van der Waals surface area contributed by atoms with E-state index in [-0.39, 0.29) is 4.90 Å². The van der Waals surface area contributed by atoms with Gasteiger partial charge in [0, 0.05) is 29.0 Å². The Bertz CT molecular complexity index is 540. The maximum absolute atomic E-state index is 11.8. The minimum atomic E-state index is -3.42. The number of benzene rings is 1. The van der Waals surface area contributed by atoms with Gasteiger partial charge in [-0.05, 0) is 38.1 Å². The molecule has 7 heteroatoms. The molecule has 0 bridgehead atoms. The molecule has 2 rings (SSSR count). The van der Waals surface area contributed by atoms with Crippen LogP contribution in [0, 0.1) is 0 Å². The molecule has 0 aliphatic carbocycles. The zero-order valence-corrected chi connectivity index (χ0v) is 12.4. The van der Waals surface area contributed by atoms with Crippen LogP contribution in [0.2, 0.25) is 0 Å². The van der Waals surface area contributed by atoms with Crippen molar-refractivity contribution in [1.82, 2.24) is 4.72 Å². The monoisotopic (exact) mass is 302 g/mol. The minimum absolute atomic E-state index is 0.249. The fraction of sp³-hybridized carbons (Fsp3) is 0.500. The Morgan fingerprint density at radius 1 is 1.37 bits per heavy atom. The molecule has 1 heterocycles.